The van der Waals surface area contributed by atoms with E-state index in [1.54, 1.807) is 0 Å². The van der Waals surface area contributed by atoms with Crippen molar-refractivity contribution in [1.29, 1.82) is 0 Å². The molecule has 18 heavy (non-hydrogen) atoms. The van der Waals surface area contributed by atoms with Crippen LogP contribution < -0.4 is 0 Å². The lowest BCUT2D eigenvalue weighted by atomic mass is 10.0. The molecule has 94 valence electrons. The summed E-state index contributed by atoms with van der Waals surface area (Å²) in [5.74, 6) is 0. The van der Waals surface area contributed by atoms with Gasteiger partial charge in [-0.1, -0.05) is 67.2 Å². The molecule has 1 atom stereocenters. The van der Waals surface area contributed by atoms with E-state index in [0.717, 1.165) is 26.5 Å². The zero-order valence-corrected chi connectivity index (χ0v) is 14.0. The summed E-state index contributed by atoms with van der Waals surface area (Å²) in [6, 6.07) is 13.8. The van der Waals surface area contributed by atoms with Gasteiger partial charge in [-0.2, -0.15) is 0 Å². The Labute approximate surface area is 134 Å². The molecule has 0 N–H and O–H groups in total. The van der Waals surface area contributed by atoms with Gasteiger partial charge in [0.15, 0.2) is 0 Å². The van der Waals surface area contributed by atoms with Crippen LogP contribution in [-0.2, 0) is 6.42 Å². The van der Waals surface area contributed by atoms with E-state index in [-0.39, 0.29) is 4.83 Å². The molecule has 0 aliphatic rings. The summed E-state index contributed by atoms with van der Waals surface area (Å²) >= 11 is 19.2. The van der Waals surface area contributed by atoms with Crippen molar-refractivity contribution in [3.63, 3.8) is 0 Å². The second-order valence-corrected chi connectivity index (χ2v) is 6.90. The van der Waals surface area contributed by atoms with Crippen LogP contribution in [0.5, 0.6) is 0 Å². The van der Waals surface area contributed by atoms with E-state index in [9.17, 15) is 0 Å². The number of hydrogen-bond donors (Lipinski definition) is 0. The smallest absolute Gasteiger partial charge is 0.0436 e. The normalized spacial score (nSPS) is 12.4. The van der Waals surface area contributed by atoms with Gasteiger partial charge in [0, 0.05) is 19.3 Å². The summed E-state index contributed by atoms with van der Waals surface area (Å²) in [7, 11) is 0. The van der Waals surface area contributed by atoms with Gasteiger partial charge < -0.3 is 0 Å². The minimum absolute atomic E-state index is 0.214. The van der Waals surface area contributed by atoms with Gasteiger partial charge in [0.1, 0.15) is 0 Å². The molecule has 2 aromatic rings. The second kappa shape index (κ2) is 6.42. The van der Waals surface area contributed by atoms with Crippen molar-refractivity contribution in [2.45, 2.75) is 11.2 Å². The van der Waals surface area contributed by atoms with Crippen LogP contribution in [-0.4, -0.2) is 0 Å². The van der Waals surface area contributed by atoms with Gasteiger partial charge in [-0.05, 0) is 47.9 Å². The zero-order chi connectivity index (χ0) is 13.1. The Bertz CT molecular complexity index is 535. The Morgan fingerprint density at radius 3 is 2.44 bits per heavy atom. The average Bonchev–Trinajstić information content (AvgIpc) is 2.27. The van der Waals surface area contributed by atoms with Gasteiger partial charge >= 0.3 is 0 Å². The lowest BCUT2D eigenvalue weighted by Crippen LogP contribution is -1.95. The standard InChI is InChI=1S/C14H10Br2Cl2/c15-11-6-10(7-13(18)8-11)14(16)5-9-2-1-3-12(17)4-9/h1-4,6-8,14H,5H2. The molecule has 0 radical (unpaired) electrons. The number of benzene rings is 2. The maximum Gasteiger partial charge on any atom is 0.0436 e. The molecule has 0 bridgehead atoms. The van der Waals surface area contributed by atoms with Crippen LogP contribution in [0.15, 0.2) is 46.9 Å². The molecule has 2 rings (SSSR count). The molecule has 0 aromatic heterocycles. The van der Waals surface area contributed by atoms with Crippen molar-refractivity contribution in [3.05, 3.63) is 68.1 Å². The SMILES string of the molecule is Clc1cccc(CC(Br)c2cc(Cl)cc(Br)c2)c1. The number of halogens is 4. The third kappa shape index (κ3) is 3.99. The molecule has 0 aliphatic heterocycles. The summed E-state index contributed by atoms with van der Waals surface area (Å²) in [6.07, 6.45) is 0.868. The highest BCUT2D eigenvalue weighted by molar-refractivity contribution is 9.10. The lowest BCUT2D eigenvalue weighted by Gasteiger charge is -2.11. The molecular formula is C14H10Br2Cl2. The molecule has 2 aromatic carbocycles. The highest BCUT2D eigenvalue weighted by Crippen LogP contribution is 2.31. The molecular weight excluding hydrogens is 399 g/mol. The summed E-state index contributed by atoms with van der Waals surface area (Å²) in [4.78, 5) is 0.214. The molecule has 0 saturated heterocycles. The van der Waals surface area contributed by atoms with Crippen LogP contribution >= 0.6 is 55.1 Å². The molecule has 0 fully saturated rings. The largest absolute Gasteiger partial charge is 0.0843 e. The summed E-state index contributed by atoms with van der Waals surface area (Å²) in [6.45, 7) is 0. The first-order valence-electron chi connectivity index (χ1n) is 5.39. The molecule has 0 aliphatic carbocycles. The predicted molar refractivity (Wildman–Crippen MR) is 86.0 cm³/mol. The van der Waals surface area contributed by atoms with Crippen LogP contribution in [0.1, 0.15) is 16.0 Å². The predicted octanol–water partition coefficient (Wildman–Crippen LogP) is 6.43. The fourth-order valence-corrected chi connectivity index (χ4v) is 3.48. The van der Waals surface area contributed by atoms with Crippen LogP contribution in [0.4, 0.5) is 0 Å². The average molecular weight is 409 g/mol. The third-order valence-corrected chi connectivity index (χ3v) is 4.31. The Morgan fingerprint density at radius 1 is 1.00 bits per heavy atom. The number of alkyl halides is 1. The molecule has 0 spiro atoms. The van der Waals surface area contributed by atoms with Crippen LogP contribution in [0.2, 0.25) is 10.0 Å². The van der Waals surface area contributed by atoms with Crippen LogP contribution in [0.3, 0.4) is 0 Å². The Balaban J connectivity index is 2.19. The lowest BCUT2D eigenvalue weighted by molar-refractivity contribution is 0.948. The van der Waals surface area contributed by atoms with Crippen molar-refractivity contribution in [3.8, 4) is 0 Å². The number of hydrogen-bond acceptors (Lipinski definition) is 0. The minimum Gasteiger partial charge on any atom is -0.0843 e. The second-order valence-electron chi connectivity index (χ2n) is 4.00. The monoisotopic (exact) mass is 406 g/mol. The van der Waals surface area contributed by atoms with Gasteiger partial charge in [0.25, 0.3) is 0 Å². The molecule has 0 heterocycles. The topological polar surface area (TPSA) is 0 Å². The Kier molecular flexibility index (Phi) is 5.14. The summed E-state index contributed by atoms with van der Waals surface area (Å²) in [5.41, 5.74) is 2.34. The summed E-state index contributed by atoms with van der Waals surface area (Å²) < 4.78 is 0.987. The van der Waals surface area contributed by atoms with E-state index >= 15 is 0 Å². The maximum absolute atomic E-state index is 6.05. The molecule has 4 heteroatoms. The van der Waals surface area contributed by atoms with Crippen molar-refractivity contribution in [1.82, 2.24) is 0 Å². The van der Waals surface area contributed by atoms with Crippen molar-refractivity contribution in [2.75, 3.05) is 0 Å². The first-order chi connectivity index (χ1) is 8.54. The van der Waals surface area contributed by atoms with Gasteiger partial charge in [-0.25, -0.2) is 0 Å². The molecule has 0 saturated carbocycles. The molecule has 0 nitrogen and oxygen atoms in total. The van der Waals surface area contributed by atoms with Crippen molar-refractivity contribution < 1.29 is 0 Å². The van der Waals surface area contributed by atoms with Gasteiger partial charge in [0.2, 0.25) is 0 Å². The summed E-state index contributed by atoms with van der Waals surface area (Å²) in [5, 5.41) is 1.49. The molecule has 1 unspecified atom stereocenters. The van der Waals surface area contributed by atoms with E-state index < -0.39 is 0 Å². The first kappa shape index (κ1) is 14.4. The van der Waals surface area contributed by atoms with Gasteiger partial charge in [-0.3, -0.25) is 0 Å². The fraction of sp³-hybridized carbons (Fsp3) is 0.143. The Hall–Kier alpha value is -0.0200. The first-order valence-corrected chi connectivity index (χ1v) is 7.85. The van der Waals surface area contributed by atoms with E-state index in [1.807, 2.05) is 30.3 Å². The van der Waals surface area contributed by atoms with Crippen LogP contribution in [0, 0.1) is 0 Å². The highest BCUT2D eigenvalue weighted by Gasteiger charge is 2.10. The van der Waals surface area contributed by atoms with E-state index in [1.165, 1.54) is 5.56 Å². The van der Waals surface area contributed by atoms with Crippen LogP contribution in [0.25, 0.3) is 0 Å². The highest BCUT2D eigenvalue weighted by atomic mass is 79.9. The van der Waals surface area contributed by atoms with E-state index in [0.29, 0.717) is 0 Å². The number of rotatable bonds is 3. The quantitative estimate of drug-likeness (QED) is 0.513. The Morgan fingerprint density at radius 2 is 1.78 bits per heavy atom. The van der Waals surface area contributed by atoms with Crippen molar-refractivity contribution >= 4 is 55.1 Å². The minimum atomic E-state index is 0.214. The fourth-order valence-electron chi connectivity index (χ4n) is 1.74. The maximum atomic E-state index is 6.05. The van der Waals surface area contributed by atoms with Crippen molar-refractivity contribution in [2.24, 2.45) is 0 Å². The van der Waals surface area contributed by atoms with Gasteiger partial charge in [-0.15, -0.1) is 0 Å². The van der Waals surface area contributed by atoms with E-state index in [4.69, 9.17) is 23.2 Å². The van der Waals surface area contributed by atoms with Gasteiger partial charge in [0.05, 0.1) is 0 Å². The molecule has 0 amide bonds. The third-order valence-electron chi connectivity index (χ3n) is 2.55. The zero-order valence-electron chi connectivity index (χ0n) is 9.34. The van der Waals surface area contributed by atoms with E-state index in [2.05, 4.69) is 44.0 Å².